The lowest BCUT2D eigenvalue weighted by molar-refractivity contribution is -0.118. The Morgan fingerprint density at radius 1 is 1.38 bits per heavy atom. The Bertz CT molecular complexity index is 906. The van der Waals surface area contributed by atoms with Crippen molar-refractivity contribution in [3.05, 3.63) is 44.4 Å². The first-order chi connectivity index (χ1) is 13.9. The molecule has 0 aliphatic carbocycles. The predicted octanol–water partition coefficient (Wildman–Crippen LogP) is 3.93. The molecule has 0 saturated carbocycles. The number of halogens is 2. The van der Waals surface area contributed by atoms with Crippen molar-refractivity contribution in [1.82, 2.24) is 15.2 Å². The summed E-state index contributed by atoms with van der Waals surface area (Å²) in [5.74, 6) is 0.0382. The zero-order valence-corrected chi connectivity index (χ0v) is 19.3. The summed E-state index contributed by atoms with van der Waals surface area (Å²) in [5, 5.41) is 6.93. The van der Waals surface area contributed by atoms with Crippen molar-refractivity contribution >= 4 is 63.2 Å². The van der Waals surface area contributed by atoms with Gasteiger partial charge in [0, 0.05) is 29.4 Å². The minimum absolute atomic E-state index is 0.246. The van der Waals surface area contributed by atoms with Crippen LogP contribution >= 0.6 is 46.3 Å². The van der Waals surface area contributed by atoms with Crippen molar-refractivity contribution in [3.63, 3.8) is 0 Å². The molecule has 1 unspecified atom stereocenters. The molecule has 3 rings (SSSR count). The molecule has 2 amide bonds. The Balaban J connectivity index is 1.70. The highest BCUT2D eigenvalue weighted by Crippen LogP contribution is 2.28. The second-order valence-electron chi connectivity index (χ2n) is 6.80. The highest BCUT2D eigenvalue weighted by molar-refractivity contribution is 7.98. The Kier molecular flexibility index (Phi) is 7.81. The van der Waals surface area contributed by atoms with Gasteiger partial charge in [-0.2, -0.15) is 11.8 Å². The smallest absolute Gasteiger partial charge is 0.253 e. The highest BCUT2D eigenvalue weighted by Gasteiger charge is 2.25. The normalized spacial score (nSPS) is 14.9. The van der Waals surface area contributed by atoms with E-state index in [1.54, 1.807) is 23.9 Å². The molecule has 156 valence electrons. The van der Waals surface area contributed by atoms with Gasteiger partial charge in [-0.3, -0.25) is 9.59 Å². The van der Waals surface area contributed by atoms with Crippen molar-refractivity contribution in [2.75, 3.05) is 30.9 Å². The lowest BCUT2D eigenvalue weighted by Crippen LogP contribution is -2.44. The van der Waals surface area contributed by atoms with Crippen LogP contribution in [0.5, 0.6) is 0 Å². The van der Waals surface area contributed by atoms with Crippen LogP contribution in [0.2, 0.25) is 10.0 Å². The molecule has 1 atom stereocenters. The van der Waals surface area contributed by atoms with Crippen LogP contribution in [0, 0.1) is 0 Å². The standard InChI is InChI=1S/C19H22Cl2N4O2S2/c1-25-7-5-14-16(10-25)29-19(23-14)24-18(27)15(6-8-28-2)22-17(26)12-4-3-11(20)9-13(12)21/h3-4,9,15H,5-8,10H2,1-2H3,(H,22,26)(H,23,24,27). The van der Waals surface area contributed by atoms with Gasteiger partial charge in [0.1, 0.15) is 6.04 Å². The summed E-state index contributed by atoms with van der Waals surface area (Å²) in [5.41, 5.74) is 1.33. The third kappa shape index (κ3) is 5.86. The first-order valence-corrected chi connectivity index (χ1v) is 12.1. The largest absolute Gasteiger partial charge is 0.340 e. The van der Waals surface area contributed by atoms with Gasteiger partial charge in [0.15, 0.2) is 5.13 Å². The summed E-state index contributed by atoms with van der Waals surface area (Å²) in [6.07, 6.45) is 3.33. The van der Waals surface area contributed by atoms with Crippen LogP contribution in [0.3, 0.4) is 0 Å². The van der Waals surface area contributed by atoms with Gasteiger partial charge in [-0.25, -0.2) is 4.98 Å². The van der Waals surface area contributed by atoms with Gasteiger partial charge in [-0.1, -0.05) is 23.2 Å². The minimum atomic E-state index is -0.690. The molecule has 1 aromatic carbocycles. The molecule has 0 fully saturated rings. The van der Waals surface area contributed by atoms with E-state index in [0.717, 1.165) is 31.0 Å². The van der Waals surface area contributed by atoms with Gasteiger partial charge in [0.05, 0.1) is 16.3 Å². The molecule has 0 saturated heterocycles. The Hall–Kier alpha value is -1.32. The number of benzene rings is 1. The van der Waals surface area contributed by atoms with Crippen molar-refractivity contribution in [2.24, 2.45) is 0 Å². The zero-order valence-electron chi connectivity index (χ0n) is 16.1. The summed E-state index contributed by atoms with van der Waals surface area (Å²) >= 11 is 15.1. The van der Waals surface area contributed by atoms with Crippen molar-refractivity contribution < 1.29 is 9.59 Å². The van der Waals surface area contributed by atoms with Crippen molar-refractivity contribution in [1.29, 1.82) is 0 Å². The number of thioether (sulfide) groups is 1. The van der Waals surface area contributed by atoms with Gasteiger partial charge < -0.3 is 15.5 Å². The van der Waals surface area contributed by atoms with E-state index in [1.165, 1.54) is 22.3 Å². The topological polar surface area (TPSA) is 74.3 Å². The number of aromatic nitrogens is 1. The quantitative estimate of drug-likeness (QED) is 0.638. The van der Waals surface area contributed by atoms with Crippen molar-refractivity contribution in [3.8, 4) is 0 Å². The Morgan fingerprint density at radius 2 is 2.17 bits per heavy atom. The highest BCUT2D eigenvalue weighted by atomic mass is 35.5. The summed E-state index contributed by atoms with van der Waals surface area (Å²) in [6.45, 7) is 1.79. The summed E-state index contributed by atoms with van der Waals surface area (Å²) in [4.78, 5) is 33.5. The fraction of sp³-hybridized carbons (Fsp3) is 0.421. The first kappa shape index (κ1) is 22.4. The van der Waals surface area contributed by atoms with Crippen LogP contribution in [0.1, 0.15) is 27.3 Å². The number of rotatable bonds is 7. The number of nitrogens with one attached hydrogen (secondary N) is 2. The molecule has 29 heavy (non-hydrogen) atoms. The lowest BCUT2D eigenvalue weighted by atomic mass is 10.1. The van der Waals surface area contributed by atoms with Crippen LogP contribution in [-0.4, -0.2) is 53.3 Å². The van der Waals surface area contributed by atoms with E-state index in [-0.39, 0.29) is 16.5 Å². The lowest BCUT2D eigenvalue weighted by Gasteiger charge is -2.20. The molecule has 2 N–H and O–H groups in total. The van der Waals surface area contributed by atoms with Gasteiger partial charge in [0.25, 0.3) is 5.91 Å². The number of anilines is 1. The molecule has 2 heterocycles. The number of carbonyl (C=O) groups is 2. The van der Waals surface area contributed by atoms with Gasteiger partial charge in [0.2, 0.25) is 5.91 Å². The fourth-order valence-electron chi connectivity index (χ4n) is 2.98. The summed E-state index contributed by atoms with van der Waals surface area (Å²) < 4.78 is 0. The SMILES string of the molecule is CSCCC(NC(=O)c1ccc(Cl)cc1Cl)C(=O)Nc1nc2c(s1)CN(C)CC2. The Morgan fingerprint density at radius 3 is 2.90 bits per heavy atom. The fourth-order valence-corrected chi connectivity index (χ4v) is 5.04. The molecule has 1 aliphatic rings. The zero-order chi connectivity index (χ0) is 21.0. The van der Waals surface area contributed by atoms with Crippen molar-refractivity contribution in [2.45, 2.75) is 25.4 Å². The number of fused-ring (bicyclic) bond motifs is 1. The second kappa shape index (κ2) is 10.1. The molecule has 10 heteroatoms. The van der Waals surface area contributed by atoms with E-state index in [9.17, 15) is 9.59 Å². The van der Waals surface area contributed by atoms with Gasteiger partial charge in [-0.05, 0) is 43.7 Å². The Labute approximate surface area is 188 Å². The molecular formula is C19H22Cl2N4O2S2. The minimum Gasteiger partial charge on any atom is -0.340 e. The van der Waals surface area contributed by atoms with Crippen LogP contribution in [-0.2, 0) is 17.8 Å². The van der Waals surface area contributed by atoms with E-state index in [1.807, 2.05) is 6.26 Å². The average Bonchev–Trinajstić information content (AvgIpc) is 3.05. The maximum Gasteiger partial charge on any atom is 0.253 e. The number of likely N-dealkylation sites (N-methyl/N-ethyl adjacent to an activating group) is 1. The molecule has 1 aromatic heterocycles. The van der Waals surface area contributed by atoms with Gasteiger partial charge in [-0.15, -0.1) is 11.3 Å². The molecular weight excluding hydrogens is 451 g/mol. The van der Waals surface area contributed by atoms with Crippen LogP contribution in [0.25, 0.3) is 0 Å². The van der Waals surface area contributed by atoms with Crippen LogP contribution in [0.4, 0.5) is 5.13 Å². The second-order valence-corrected chi connectivity index (χ2v) is 9.71. The summed E-state index contributed by atoms with van der Waals surface area (Å²) in [6, 6.07) is 3.96. The molecule has 0 bridgehead atoms. The maximum absolute atomic E-state index is 12.9. The van der Waals surface area contributed by atoms with E-state index < -0.39 is 11.9 Å². The molecule has 2 aromatic rings. The number of nitrogens with zero attached hydrogens (tertiary/aromatic N) is 2. The molecule has 1 aliphatic heterocycles. The van der Waals surface area contributed by atoms with E-state index in [4.69, 9.17) is 23.2 Å². The average molecular weight is 473 g/mol. The van der Waals surface area contributed by atoms with Crippen LogP contribution in [0.15, 0.2) is 18.2 Å². The first-order valence-electron chi connectivity index (χ1n) is 9.10. The van der Waals surface area contributed by atoms with Gasteiger partial charge >= 0.3 is 0 Å². The third-order valence-corrected chi connectivity index (χ3v) is 6.75. The third-order valence-electron chi connectivity index (χ3n) is 4.56. The maximum atomic E-state index is 12.9. The summed E-state index contributed by atoms with van der Waals surface area (Å²) in [7, 11) is 2.07. The number of hydrogen-bond acceptors (Lipinski definition) is 6. The van der Waals surface area contributed by atoms with E-state index in [2.05, 4.69) is 27.6 Å². The number of carbonyl (C=O) groups excluding carboxylic acids is 2. The molecule has 6 nitrogen and oxygen atoms in total. The predicted molar refractivity (Wildman–Crippen MR) is 121 cm³/mol. The number of hydrogen-bond donors (Lipinski definition) is 2. The number of amides is 2. The number of thiazole rings is 1. The van der Waals surface area contributed by atoms with Crippen LogP contribution < -0.4 is 10.6 Å². The molecule has 0 spiro atoms. The monoisotopic (exact) mass is 472 g/mol. The van der Waals surface area contributed by atoms with E-state index >= 15 is 0 Å². The van der Waals surface area contributed by atoms with E-state index in [0.29, 0.717) is 16.6 Å². The molecule has 0 radical (unpaired) electrons.